The van der Waals surface area contributed by atoms with E-state index in [1.807, 2.05) is 44.6 Å². The lowest BCUT2D eigenvalue weighted by Gasteiger charge is -2.38. The molecule has 22 heavy (non-hydrogen) atoms. The van der Waals surface area contributed by atoms with Crippen LogP contribution in [0.25, 0.3) is 0 Å². The monoisotopic (exact) mass is 324 g/mol. The van der Waals surface area contributed by atoms with E-state index in [1.54, 1.807) is 9.80 Å². The number of piperidine rings is 1. The summed E-state index contributed by atoms with van der Waals surface area (Å²) in [6, 6.07) is 1.87. The van der Waals surface area contributed by atoms with E-state index in [2.05, 4.69) is 0 Å². The molecule has 0 aromatic carbocycles. The van der Waals surface area contributed by atoms with Gasteiger partial charge in [0.1, 0.15) is 5.60 Å². The van der Waals surface area contributed by atoms with Gasteiger partial charge in [-0.05, 0) is 45.1 Å². The second kappa shape index (κ2) is 6.69. The van der Waals surface area contributed by atoms with Crippen LogP contribution in [0.4, 0.5) is 4.79 Å². The fourth-order valence-corrected chi connectivity index (χ4v) is 3.15. The summed E-state index contributed by atoms with van der Waals surface area (Å²) < 4.78 is 5.42. The quantitative estimate of drug-likeness (QED) is 0.839. The van der Waals surface area contributed by atoms with Crippen LogP contribution in [0.2, 0.25) is 0 Å². The standard InChI is InChI=1S/C16H24N2O3S/c1-16(2,3)21-15(20)18-8-5-6-13(10-18)17(4)14(19)12-7-9-22-11-12/h7,9,11,13H,5-6,8,10H2,1-4H3. The normalized spacial score (nSPS) is 18.9. The Kier molecular flexibility index (Phi) is 5.11. The van der Waals surface area contributed by atoms with Crippen molar-refractivity contribution >= 4 is 23.3 Å². The zero-order valence-electron chi connectivity index (χ0n) is 13.7. The van der Waals surface area contributed by atoms with Crippen LogP contribution in [-0.2, 0) is 4.74 Å². The molecule has 2 rings (SSSR count). The molecule has 1 aromatic heterocycles. The molecule has 5 nitrogen and oxygen atoms in total. The summed E-state index contributed by atoms with van der Waals surface area (Å²) in [7, 11) is 1.81. The number of hydrogen-bond acceptors (Lipinski definition) is 4. The van der Waals surface area contributed by atoms with Gasteiger partial charge in [0.05, 0.1) is 5.56 Å². The number of rotatable bonds is 2. The number of carbonyl (C=O) groups is 2. The lowest BCUT2D eigenvalue weighted by molar-refractivity contribution is 0.0123. The largest absolute Gasteiger partial charge is 0.444 e. The minimum Gasteiger partial charge on any atom is -0.444 e. The Morgan fingerprint density at radius 2 is 2.14 bits per heavy atom. The maximum Gasteiger partial charge on any atom is 0.410 e. The average Bonchev–Trinajstić information content (AvgIpc) is 2.98. The molecule has 0 aliphatic carbocycles. The summed E-state index contributed by atoms with van der Waals surface area (Å²) in [5, 5.41) is 3.75. The third-order valence-corrected chi connectivity index (χ3v) is 4.37. The number of ether oxygens (including phenoxy) is 1. The third-order valence-electron chi connectivity index (χ3n) is 3.68. The lowest BCUT2D eigenvalue weighted by atomic mass is 10.0. The highest BCUT2D eigenvalue weighted by Gasteiger charge is 2.31. The minimum atomic E-state index is -0.498. The zero-order valence-corrected chi connectivity index (χ0v) is 14.5. The molecule has 0 bridgehead atoms. The van der Waals surface area contributed by atoms with Gasteiger partial charge in [-0.2, -0.15) is 11.3 Å². The van der Waals surface area contributed by atoms with Crippen molar-refractivity contribution < 1.29 is 14.3 Å². The van der Waals surface area contributed by atoms with Gasteiger partial charge in [-0.3, -0.25) is 4.79 Å². The van der Waals surface area contributed by atoms with Crippen molar-refractivity contribution in [2.75, 3.05) is 20.1 Å². The first kappa shape index (κ1) is 16.8. The van der Waals surface area contributed by atoms with E-state index in [0.29, 0.717) is 18.7 Å². The fourth-order valence-electron chi connectivity index (χ4n) is 2.52. The number of nitrogens with zero attached hydrogens (tertiary/aromatic N) is 2. The second-order valence-electron chi connectivity index (χ2n) is 6.65. The maximum atomic E-state index is 12.4. The summed E-state index contributed by atoms with van der Waals surface area (Å²) in [5.41, 5.74) is 0.212. The Hall–Kier alpha value is -1.56. The van der Waals surface area contributed by atoms with E-state index < -0.39 is 5.60 Å². The molecule has 0 saturated carbocycles. The van der Waals surface area contributed by atoms with Crippen LogP contribution in [0.1, 0.15) is 44.0 Å². The molecule has 0 N–H and O–H groups in total. The molecular weight excluding hydrogens is 300 g/mol. The molecule has 1 aromatic rings. The Morgan fingerprint density at radius 1 is 1.41 bits per heavy atom. The van der Waals surface area contributed by atoms with Crippen LogP contribution < -0.4 is 0 Å². The molecule has 122 valence electrons. The summed E-state index contributed by atoms with van der Waals surface area (Å²) >= 11 is 1.51. The minimum absolute atomic E-state index is 0.0114. The topological polar surface area (TPSA) is 49.9 Å². The predicted octanol–water partition coefficient (Wildman–Crippen LogP) is 3.22. The van der Waals surface area contributed by atoms with Crippen molar-refractivity contribution in [3.63, 3.8) is 0 Å². The van der Waals surface area contributed by atoms with Crippen molar-refractivity contribution in [1.29, 1.82) is 0 Å². The van der Waals surface area contributed by atoms with Crippen LogP contribution in [0.3, 0.4) is 0 Å². The molecule has 6 heteroatoms. The molecule has 2 heterocycles. The Bertz CT molecular complexity index is 522. The maximum absolute atomic E-state index is 12.4. The predicted molar refractivity (Wildman–Crippen MR) is 87.2 cm³/mol. The summed E-state index contributed by atoms with van der Waals surface area (Å²) in [6.07, 6.45) is 1.49. The van der Waals surface area contributed by atoms with E-state index in [1.165, 1.54) is 11.3 Å². The van der Waals surface area contributed by atoms with E-state index in [0.717, 1.165) is 12.8 Å². The first-order chi connectivity index (χ1) is 10.3. The van der Waals surface area contributed by atoms with Gasteiger partial charge in [0.2, 0.25) is 0 Å². The van der Waals surface area contributed by atoms with Gasteiger partial charge in [-0.1, -0.05) is 0 Å². The van der Waals surface area contributed by atoms with Gasteiger partial charge in [0, 0.05) is 31.6 Å². The number of carbonyl (C=O) groups excluding carboxylic acids is 2. The molecule has 1 unspecified atom stereocenters. The molecule has 1 aliphatic heterocycles. The Balaban J connectivity index is 1.98. The highest BCUT2D eigenvalue weighted by molar-refractivity contribution is 7.08. The van der Waals surface area contributed by atoms with Gasteiger partial charge < -0.3 is 14.5 Å². The van der Waals surface area contributed by atoms with Gasteiger partial charge in [0.15, 0.2) is 0 Å². The molecule has 1 aliphatic rings. The lowest BCUT2D eigenvalue weighted by Crippen LogP contribution is -2.51. The molecule has 1 saturated heterocycles. The van der Waals surface area contributed by atoms with Gasteiger partial charge in [-0.15, -0.1) is 0 Å². The van der Waals surface area contributed by atoms with E-state index in [-0.39, 0.29) is 18.0 Å². The van der Waals surface area contributed by atoms with Crippen molar-refractivity contribution in [3.8, 4) is 0 Å². The number of likely N-dealkylation sites (N-methyl/N-ethyl adjacent to an activating group) is 1. The average molecular weight is 324 g/mol. The SMILES string of the molecule is CN(C(=O)c1ccsc1)C1CCCN(C(=O)OC(C)(C)C)C1. The number of amides is 2. The smallest absolute Gasteiger partial charge is 0.410 e. The Morgan fingerprint density at radius 3 is 2.73 bits per heavy atom. The van der Waals surface area contributed by atoms with Crippen molar-refractivity contribution in [2.24, 2.45) is 0 Å². The third kappa shape index (κ3) is 4.22. The van der Waals surface area contributed by atoms with Crippen molar-refractivity contribution in [2.45, 2.75) is 45.3 Å². The highest BCUT2D eigenvalue weighted by atomic mass is 32.1. The molecule has 0 spiro atoms. The highest BCUT2D eigenvalue weighted by Crippen LogP contribution is 2.20. The van der Waals surface area contributed by atoms with E-state index >= 15 is 0 Å². The first-order valence-corrected chi connectivity index (χ1v) is 8.49. The number of likely N-dealkylation sites (tertiary alicyclic amines) is 1. The molecule has 1 atom stereocenters. The number of thiophene rings is 1. The second-order valence-corrected chi connectivity index (χ2v) is 7.43. The van der Waals surface area contributed by atoms with Crippen molar-refractivity contribution in [3.05, 3.63) is 22.4 Å². The van der Waals surface area contributed by atoms with Crippen LogP contribution in [-0.4, -0.2) is 53.6 Å². The molecule has 1 fully saturated rings. The first-order valence-electron chi connectivity index (χ1n) is 7.55. The molecule has 0 radical (unpaired) electrons. The molecule has 2 amide bonds. The van der Waals surface area contributed by atoms with Crippen LogP contribution in [0, 0.1) is 0 Å². The zero-order chi connectivity index (χ0) is 16.3. The van der Waals surface area contributed by atoms with Gasteiger partial charge >= 0.3 is 6.09 Å². The van der Waals surface area contributed by atoms with Crippen LogP contribution in [0.5, 0.6) is 0 Å². The van der Waals surface area contributed by atoms with Gasteiger partial charge in [-0.25, -0.2) is 4.79 Å². The molecular formula is C16H24N2O3S. The van der Waals surface area contributed by atoms with Crippen LogP contribution in [0.15, 0.2) is 16.8 Å². The van der Waals surface area contributed by atoms with E-state index in [9.17, 15) is 9.59 Å². The fraction of sp³-hybridized carbons (Fsp3) is 0.625. The van der Waals surface area contributed by atoms with E-state index in [4.69, 9.17) is 4.74 Å². The summed E-state index contributed by atoms with van der Waals surface area (Å²) in [6.45, 7) is 6.79. The van der Waals surface area contributed by atoms with Crippen molar-refractivity contribution in [1.82, 2.24) is 9.80 Å². The Labute approximate surface area is 135 Å². The summed E-state index contributed by atoms with van der Waals surface area (Å²) in [4.78, 5) is 28.0. The summed E-state index contributed by atoms with van der Waals surface area (Å²) in [5.74, 6) is 0.0114. The number of hydrogen-bond donors (Lipinski definition) is 0. The van der Waals surface area contributed by atoms with Crippen LogP contribution >= 0.6 is 11.3 Å². The van der Waals surface area contributed by atoms with Gasteiger partial charge in [0.25, 0.3) is 5.91 Å².